The first-order chi connectivity index (χ1) is 14.6. The topological polar surface area (TPSA) is 79.9 Å². The van der Waals surface area contributed by atoms with Crippen molar-refractivity contribution in [3.05, 3.63) is 53.6 Å². The van der Waals surface area contributed by atoms with Gasteiger partial charge in [-0.05, 0) is 55.6 Å². The van der Waals surface area contributed by atoms with Gasteiger partial charge >= 0.3 is 18.2 Å². The van der Waals surface area contributed by atoms with Gasteiger partial charge in [-0.25, -0.2) is 0 Å². The predicted molar refractivity (Wildman–Crippen MR) is 107 cm³/mol. The van der Waals surface area contributed by atoms with Gasteiger partial charge in [-0.1, -0.05) is 12.1 Å². The van der Waals surface area contributed by atoms with Gasteiger partial charge in [-0.3, -0.25) is 9.59 Å². The number of benzene rings is 2. The number of carbonyl (C=O) groups is 2. The summed E-state index contributed by atoms with van der Waals surface area (Å²) >= 11 is 0. The molecule has 166 valence electrons. The third kappa shape index (κ3) is 6.11. The average molecular weight is 437 g/mol. The lowest BCUT2D eigenvalue weighted by Crippen LogP contribution is -2.40. The normalized spacial score (nSPS) is 13.9. The van der Waals surface area contributed by atoms with Gasteiger partial charge < -0.3 is 25.0 Å². The number of likely N-dealkylation sites (N-methyl/N-ethyl adjacent to an activating group) is 1. The van der Waals surface area contributed by atoms with E-state index in [0.717, 1.165) is 35.4 Å². The Morgan fingerprint density at radius 2 is 1.84 bits per heavy atom. The first-order valence-corrected chi connectivity index (χ1v) is 9.49. The Morgan fingerprint density at radius 1 is 1.13 bits per heavy atom. The number of carbonyl (C=O) groups excluding carboxylic acids is 2. The summed E-state index contributed by atoms with van der Waals surface area (Å²) in [5.41, 5.74) is 2.25. The molecule has 0 bridgehead atoms. The van der Waals surface area contributed by atoms with Crippen molar-refractivity contribution in [2.24, 2.45) is 0 Å². The summed E-state index contributed by atoms with van der Waals surface area (Å²) in [5, 5.41) is 4.94. The number of hydrogen-bond acceptors (Lipinski definition) is 5. The Kier molecular flexibility index (Phi) is 6.69. The van der Waals surface area contributed by atoms with Gasteiger partial charge in [0.25, 0.3) is 0 Å². The molecule has 1 aliphatic heterocycles. The van der Waals surface area contributed by atoms with E-state index >= 15 is 0 Å². The van der Waals surface area contributed by atoms with Crippen molar-refractivity contribution >= 4 is 17.5 Å². The van der Waals surface area contributed by atoms with Crippen LogP contribution in [0.1, 0.15) is 17.2 Å². The van der Waals surface area contributed by atoms with Crippen LogP contribution in [0.5, 0.6) is 11.5 Å². The molecule has 0 saturated heterocycles. The second-order valence-electron chi connectivity index (χ2n) is 7.18. The number of anilines is 1. The van der Waals surface area contributed by atoms with Gasteiger partial charge in [0.15, 0.2) is 0 Å². The second-order valence-corrected chi connectivity index (χ2v) is 7.18. The maximum absolute atomic E-state index is 12.2. The second kappa shape index (κ2) is 9.25. The smallest absolute Gasteiger partial charge is 0.493 e. The van der Waals surface area contributed by atoms with Gasteiger partial charge in [0.05, 0.1) is 12.6 Å². The molecule has 31 heavy (non-hydrogen) atoms. The van der Waals surface area contributed by atoms with Gasteiger partial charge in [-0.2, -0.15) is 0 Å². The van der Waals surface area contributed by atoms with Crippen LogP contribution in [0.2, 0.25) is 0 Å². The lowest BCUT2D eigenvalue weighted by molar-refractivity contribution is -0.274. The maximum Gasteiger partial charge on any atom is 0.573 e. The highest BCUT2D eigenvalue weighted by atomic mass is 19.4. The summed E-state index contributed by atoms with van der Waals surface area (Å²) in [7, 11) is 3.73. The molecule has 0 fully saturated rings. The molecule has 0 unspecified atom stereocenters. The van der Waals surface area contributed by atoms with Crippen molar-refractivity contribution in [3.63, 3.8) is 0 Å². The molecule has 2 aromatic carbocycles. The molecule has 1 heterocycles. The molecule has 3 rings (SSSR count). The predicted octanol–water partition coefficient (Wildman–Crippen LogP) is 2.88. The fourth-order valence-electron chi connectivity index (χ4n) is 3.21. The van der Waals surface area contributed by atoms with E-state index in [1.165, 1.54) is 12.1 Å². The number of rotatable bonds is 6. The Labute approximate surface area is 177 Å². The lowest BCUT2D eigenvalue weighted by Gasteiger charge is -2.25. The third-order valence-electron chi connectivity index (χ3n) is 4.73. The molecule has 2 N–H and O–H groups in total. The Morgan fingerprint density at radius 3 is 2.48 bits per heavy atom. The summed E-state index contributed by atoms with van der Waals surface area (Å²) in [6, 6.07) is 10.2. The lowest BCUT2D eigenvalue weighted by atomic mass is 10.0. The minimum absolute atomic E-state index is 0.164. The molecule has 0 aliphatic carbocycles. The Hall–Kier alpha value is -3.27. The van der Waals surface area contributed by atoms with E-state index in [9.17, 15) is 22.8 Å². The summed E-state index contributed by atoms with van der Waals surface area (Å²) < 4.78 is 45.9. The number of amides is 2. The number of nitrogens with one attached hydrogen (secondary N) is 2. The number of alkyl halides is 3. The van der Waals surface area contributed by atoms with Gasteiger partial charge in [0.2, 0.25) is 0 Å². The van der Waals surface area contributed by atoms with Crippen LogP contribution in [0.4, 0.5) is 18.9 Å². The van der Waals surface area contributed by atoms with Crippen molar-refractivity contribution < 1.29 is 32.2 Å². The van der Waals surface area contributed by atoms with E-state index in [1.54, 1.807) is 0 Å². The zero-order valence-corrected chi connectivity index (χ0v) is 17.0. The molecule has 2 aromatic rings. The molecule has 0 radical (unpaired) electrons. The van der Waals surface area contributed by atoms with Crippen LogP contribution in [-0.2, 0) is 16.0 Å². The number of halogens is 3. The average Bonchev–Trinajstić information content (AvgIpc) is 3.16. The molecule has 1 atom stereocenters. The molecule has 0 spiro atoms. The largest absolute Gasteiger partial charge is 0.573 e. The number of hydrogen-bond donors (Lipinski definition) is 2. The quantitative estimate of drug-likeness (QED) is 0.680. The summed E-state index contributed by atoms with van der Waals surface area (Å²) in [6.45, 7) is 0.836. The van der Waals surface area contributed by atoms with Crippen LogP contribution in [0.25, 0.3) is 0 Å². The Balaban J connectivity index is 1.56. The first-order valence-electron chi connectivity index (χ1n) is 9.49. The van der Waals surface area contributed by atoms with Crippen LogP contribution in [-0.4, -0.2) is 50.3 Å². The monoisotopic (exact) mass is 437 g/mol. The van der Waals surface area contributed by atoms with E-state index in [1.807, 2.05) is 37.2 Å². The summed E-state index contributed by atoms with van der Waals surface area (Å²) in [6.07, 6.45) is -3.98. The SMILES string of the molecule is CN(C)[C@H](CNC(=O)C(=O)Nc1ccc(OC(F)(F)F)cc1)c1ccc2c(c1)CCO2. The van der Waals surface area contributed by atoms with Crippen LogP contribution in [0.3, 0.4) is 0 Å². The van der Waals surface area contributed by atoms with Crippen molar-refractivity contribution in [3.8, 4) is 11.5 Å². The van der Waals surface area contributed by atoms with Crippen LogP contribution < -0.4 is 20.1 Å². The highest BCUT2D eigenvalue weighted by Crippen LogP contribution is 2.29. The van der Waals surface area contributed by atoms with Crippen molar-refractivity contribution in [2.45, 2.75) is 18.8 Å². The van der Waals surface area contributed by atoms with E-state index in [4.69, 9.17) is 4.74 Å². The van der Waals surface area contributed by atoms with Gasteiger partial charge in [0, 0.05) is 18.7 Å². The standard InChI is InChI=1S/C21H22F3N3O4/c1-27(2)17(13-3-8-18-14(11-13)9-10-30-18)12-25-19(28)20(29)26-15-4-6-16(7-5-15)31-21(22,23)24/h3-8,11,17H,9-10,12H2,1-2H3,(H,25,28)(H,26,29)/t17-/m1/s1. The summed E-state index contributed by atoms with van der Waals surface area (Å²) in [4.78, 5) is 26.3. The van der Waals surface area contributed by atoms with Crippen LogP contribution in [0, 0.1) is 0 Å². The highest BCUT2D eigenvalue weighted by Gasteiger charge is 2.31. The van der Waals surface area contributed by atoms with E-state index in [-0.39, 0.29) is 18.3 Å². The fourth-order valence-corrected chi connectivity index (χ4v) is 3.21. The molecular formula is C21H22F3N3O4. The van der Waals surface area contributed by atoms with Crippen molar-refractivity contribution in [1.29, 1.82) is 0 Å². The molecule has 0 saturated carbocycles. The minimum Gasteiger partial charge on any atom is -0.493 e. The van der Waals surface area contributed by atoms with Crippen molar-refractivity contribution in [2.75, 3.05) is 32.6 Å². The number of fused-ring (bicyclic) bond motifs is 1. The number of nitrogens with zero attached hydrogens (tertiary/aromatic N) is 1. The fraction of sp³-hybridized carbons (Fsp3) is 0.333. The zero-order chi connectivity index (χ0) is 22.6. The molecule has 1 aliphatic rings. The third-order valence-corrected chi connectivity index (χ3v) is 4.73. The molecule has 7 nitrogen and oxygen atoms in total. The Bertz CT molecular complexity index is 946. The van der Waals surface area contributed by atoms with Crippen LogP contribution in [0.15, 0.2) is 42.5 Å². The van der Waals surface area contributed by atoms with Gasteiger partial charge in [-0.15, -0.1) is 13.2 Å². The highest BCUT2D eigenvalue weighted by molar-refractivity contribution is 6.39. The molecular weight excluding hydrogens is 415 g/mol. The first kappa shape index (κ1) is 22.4. The van der Waals surface area contributed by atoms with E-state index in [2.05, 4.69) is 15.4 Å². The molecule has 10 heteroatoms. The maximum atomic E-state index is 12.2. The number of ether oxygens (including phenoxy) is 2. The molecule has 0 aromatic heterocycles. The van der Waals surface area contributed by atoms with E-state index in [0.29, 0.717) is 6.61 Å². The molecule has 2 amide bonds. The minimum atomic E-state index is -4.81. The zero-order valence-electron chi connectivity index (χ0n) is 17.0. The van der Waals surface area contributed by atoms with E-state index < -0.39 is 23.9 Å². The van der Waals surface area contributed by atoms with Crippen molar-refractivity contribution in [1.82, 2.24) is 10.2 Å². The van der Waals surface area contributed by atoms with Crippen LogP contribution >= 0.6 is 0 Å². The summed E-state index contributed by atoms with van der Waals surface area (Å²) in [5.74, 6) is -1.35. The van der Waals surface area contributed by atoms with Gasteiger partial charge in [0.1, 0.15) is 11.5 Å².